The van der Waals surface area contributed by atoms with Gasteiger partial charge in [-0.25, -0.2) is 0 Å². The van der Waals surface area contributed by atoms with Crippen LogP contribution in [0.4, 0.5) is 0 Å². The van der Waals surface area contributed by atoms with Gasteiger partial charge in [0, 0.05) is 32.0 Å². The first-order valence-corrected chi connectivity index (χ1v) is 6.24. The number of hydrogen-bond acceptors (Lipinski definition) is 4. The summed E-state index contributed by atoms with van der Waals surface area (Å²) < 4.78 is 5.24. The quantitative estimate of drug-likeness (QED) is 0.651. The van der Waals surface area contributed by atoms with Crippen LogP contribution in [0.25, 0.3) is 0 Å². The molecule has 1 aromatic rings. The number of rotatable bonds is 1. The number of carbonyl (C=O) groups is 1. The van der Waals surface area contributed by atoms with Crippen molar-refractivity contribution in [3.05, 3.63) is 24.5 Å². The zero-order valence-electron chi connectivity index (χ0n) is 11.3. The molecule has 5 heteroatoms. The minimum atomic E-state index is -0.393. The maximum absolute atomic E-state index is 11.5. The van der Waals surface area contributed by atoms with Gasteiger partial charge >= 0.3 is 5.97 Å². The van der Waals surface area contributed by atoms with Crippen molar-refractivity contribution < 1.29 is 9.53 Å². The lowest BCUT2D eigenvalue weighted by molar-refractivity contribution is -0.157. The molecule has 0 spiro atoms. The molecule has 1 atom stereocenters. The summed E-state index contributed by atoms with van der Waals surface area (Å²) in [4.78, 5) is 14.4. The molecule has 2 heterocycles. The average Bonchev–Trinajstić information content (AvgIpc) is 2.86. The molecule has 18 heavy (non-hydrogen) atoms. The van der Waals surface area contributed by atoms with Crippen molar-refractivity contribution in [3.8, 4) is 0 Å². The first kappa shape index (κ1) is 14.7. The van der Waals surface area contributed by atoms with Crippen LogP contribution < -0.4 is 10.6 Å². The lowest BCUT2D eigenvalue weighted by atomic mass is 10.2. The molecule has 1 unspecified atom stereocenters. The number of H-pyrrole nitrogens is 1. The van der Waals surface area contributed by atoms with Crippen LogP contribution in [0.3, 0.4) is 0 Å². The van der Waals surface area contributed by atoms with Crippen molar-refractivity contribution in [3.63, 3.8) is 0 Å². The van der Waals surface area contributed by atoms with Crippen molar-refractivity contribution in [2.45, 2.75) is 32.4 Å². The van der Waals surface area contributed by atoms with Gasteiger partial charge in [0.05, 0.1) is 0 Å². The first-order valence-electron chi connectivity index (χ1n) is 6.24. The molecule has 1 fully saturated rings. The number of carbonyl (C=O) groups excluding carboxylic acids is 1. The van der Waals surface area contributed by atoms with Crippen molar-refractivity contribution >= 4 is 5.97 Å². The maximum Gasteiger partial charge on any atom is 0.324 e. The Balaban J connectivity index is 0.000000269. The van der Waals surface area contributed by atoms with Crippen LogP contribution >= 0.6 is 0 Å². The van der Waals surface area contributed by atoms with Crippen molar-refractivity contribution in [1.29, 1.82) is 0 Å². The third-order valence-corrected chi connectivity index (χ3v) is 2.23. The van der Waals surface area contributed by atoms with Gasteiger partial charge in [-0.2, -0.15) is 0 Å². The Hall–Kier alpha value is -1.33. The first-order chi connectivity index (χ1) is 8.49. The predicted octanol–water partition coefficient (Wildman–Crippen LogP) is 0.904. The highest BCUT2D eigenvalue weighted by Crippen LogP contribution is 2.08. The van der Waals surface area contributed by atoms with Crippen LogP contribution in [0.15, 0.2) is 24.5 Å². The lowest BCUT2D eigenvalue weighted by Crippen LogP contribution is -2.53. The number of ether oxygens (including phenoxy) is 1. The van der Waals surface area contributed by atoms with E-state index in [1.165, 1.54) is 0 Å². The second-order valence-electron chi connectivity index (χ2n) is 5.13. The molecule has 1 aliphatic rings. The number of hydrogen-bond donors (Lipinski definition) is 3. The number of aromatic amines is 1. The van der Waals surface area contributed by atoms with Crippen LogP contribution in [0.2, 0.25) is 0 Å². The van der Waals surface area contributed by atoms with Gasteiger partial charge in [-0.3, -0.25) is 4.79 Å². The van der Waals surface area contributed by atoms with E-state index in [0.717, 1.165) is 13.1 Å². The summed E-state index contributed by atoms with van der Waals surface area (Å²) in [6.07, 6.45) is 3.75. The molecule has 0 saturated carbocycles. The third kappa shape index (κ3) is 6.42. The highest BCUT2D eigenvalue weighted by molar-refractivity contribution is 5.76. The Bertz CT molecular complexity index is 307. The lowest BCUT2D eigenvalue weighted by Gasteiger charge is -2.27. The fraction of sp³-hybridized carbons (Fsp3) is 0.615. The van der Waals surface area contributed by atoms with Crippen LogP contribution in [-0.2, 0) is 9.53 Å². The van der Waals surface area contributed by atoms with Crippen LogP contribution in [-0.4, -0.2) is 42.2 Å². The Kier molecular flexibility index (Phi) is 5.88. The summed E-state index contributed by atoms with van der Waals surface area (Å²) in [7, 11) is 0. The van der Waals surface area contributed by atoms with Gasteiger partial charge in [0.25, 0.3) is 0 Å². The average molecular weight is 253 g/mol. The summed E-state index contributed by atoms with van der Waals surface area (Å²) in [5.41, 5.74) is -0.393. The van der Waals surface area contributed by atoms with E-state index in [2.05, 4.69) is 15.6 Å². The molecule has 102 valence electrons. The highest BCUT2D eigenvalue weighted by Gasteiger charge is 2.25. The highest BCUT2D eigenvalue weighted by atomic mass is 16.6. The second kappa shape index (κ2) is 7.18. The molecule has 0 aromatic carbocycles. The number of nitrogens with one attached hydrogen (secondary N) is 3. The van der Waals surface area contributed by atoms with E-state index in [9.17, 15) is 4.79 Å². The van der Waals surface area contributed by atoms with Gasteiger partial charge in [0.15, 0.2) is 0 Å². The van der Waals surface area contributed by atoms with Gasteiger partial charge in [-0.15, -0.1) is 0 Å². The summed E-state index contributed by atoms with van der Waals surface area (Å²) >= 11 is 0. The topological polar surface area (TPSA) is 66.2 Å². The molecule has 0 bridgehead atoms. The van der Waals surface area contributed by atoms with E-state index in [1.54, 1.807) is 0 Å². The molecular formula is C13H23N3O2. The van der Waals surface area contributed by atoms with Crippen LogP contribution in [0.5, 0.6) is 0 Å². The molecule has 1 saturated heterocycles. The number of esters is 1. The smallest absolute Gasteiger partial charge is 0.324 e. The van der Waals surface area contributed by atoms with Gasteiger partial charge in [-0.05, 0) is 32.9 Å². The third-order valence-electron chi connectivity index (χ3n) is 2.23. The fourth-order valence-corrected chi connectivity index (χ4v) is 1.47. The largest absolute Gasteiger partial charge is 0.459 e. The summed E-state index contributed by atoms with van der Waals surface area (Å²) in [5, 5.41) is 6.24. The fourth-order valence-electron chi connectivity index (χ4n) is 1.47. The molecule has 0 aliphatic carbocycles. The minimum Gasteiger partial charge on any atom is -0.459 e. The van der Waals surface area contributed by atoms with E-state index in [0.29, 0.717) is 6.54 Å². The van der Waals surface area contributed by atoms with Crippen LogP contribution in [0.1, 0.15) is 20.8 Å². The molecular weight excluding hydrogens is 230 g/mol. The summed E-state index contributed by atoms with van der Waals surface area (Å²) in [5.74, 6) is -0.167. The molecule has 5 nitrogen and oxygen atoms in total. The van der Waals surface area contributed by atoms with E-state index < -0.39 is 5.60 Å². The molecule has 3 N–H and O–H groups in total. The second-order valence-corrected chi connectivity index (χ2v) is 5.13. The van der Waals surface area contributed by atoms with Crippen molar-refractivity contribution in [2.75, 3.05) is 19.6 Å². The number of aromatic nitrogens is 1. The van der Waals surface area contributed by atoms with E-state index in [-0.39, 0.29) is 12.0 Å². The van der Waals surface area contributed by atoms with Gasteiger partial charge in [-0.1, -0.05) is 0 Å². The van der Waals surface area contributed by atoms with E-state index in [4.69, 9.17) is 4.74 Å². The normalized spacial score (nSPS) is 19.6. The predicted molar refractivity (Wildman–Crippen MR) is 71.3 cm³/mol. The monoisotopic (exact) mass is 253 g/mol. The van der Waals surface area contributed by atoms with Gasteiger partial charge < -0.3 is 20.4 Å². The summed E-state index contributed by atoms with van der Waals surface area (Å²) in [6, 6.07) is 3.70. The molecule has 0 amide bonds. The standard InChI is InChI=1S/C9H18N2O2.C4H5N/c1-9(2,3)13-8(12)7-6-10-4-5-11-7;1-2-4-5-3-1/h7,10-11H,4-6H2,1-3H3;1-5H. The van der Waals surface area contributed by atoms with Gasteiger partial charge in [0.1, 0.15) is 11.6 Å². The van der Waals surface area contributed by atoms with Crippen LogP contribution in [0, 0.1) is 0 Å². The Labute approximate surface area is 108 Å². The maximum atomic E-state index is 11.5. The Morgan fingerprint density at radius 3 is 2.28 bits per heavy atom. The Morgan fingerprint density at radius 1 is 1.22 bits per heavy atom. The van der Waals surface area contributed by atoms with E-state index in [1.807, 2.05) is 45.3 Å². The molecule has 1 aromatic heterocycles. The SMILES string of the molecule is CC(C)(C)OC(=O)C1CNCCN1.c1cc[nH]c1. The number of piperazine rings is 1. The summed E-state index contributed by atoms with van der Waals surface area (Å²) in [6.45, 7) is 8.03. The molecule has 1 aliphatic heterocycles. The van der Waals surface area contributed by atoms with Crippen molar-refractivity contribution in [2.24, 2.45) is 0 Å². The minimum absolute atomic E-state index is 0.167. The van der Waals surface area contributed by atoms with Gasteiger partial charge in [0.2, 0.25) is 0 Å². The Morgan fingerprint density at radius 2 is 1.89 bits per heavy atom. The zero-order chi connectivity index (χ0) is 13.4. The van der Waals surface area contributed by atoms with Crippen molar-refractivity contribution in [1.82, 2.24) is 15.6 Å². The van der Waals surface area contributed by atoms with E-state index >= 15 is 0 Å². The molecule has 0 radical (unpaired) electrons. The zero-order valence-corrected chi connectivity index (χ0v) is 11.3. The molecule has 2 rings (SSSR count).